The van der Waals surface area contributed by atoms with Gasteiger partial charge in [0.2, 0.25) is 0 Å². The number of hydrogen-bond donors (Lipinski definition) is 1. The molecule has 1 aliphatic heterocycles. The third kappa shape index (κ3) is 4.15. The van der Waals surface area contributed by atoms with Gasteiger partial charge in [-0.2, -0.15) is 0 Å². The summed E-state index contributed by atoms with van der Waals surface area (Å²) in [5, 5.41) is 2.77. The Morgan fingerprint density at radius 1 is 1.17 bits per heavy atom. The summed E-state index contributed by atoms with van der Waals surface area (Å²) in [5.41, 5.74) is 2.27. The van der Waals surface area contributed by atoms with Crippen LogP contribution in [0.3, 0.4) is 0 Å². The Bertz CT molecular complexity index is 1040. The number of benzene rings is 2. The Balaban J connectivity index is 1.50. The van der Waals surface area contributed by atoms with E-state index in [1.165, 1.54) is 6.26 Å². The Labute approximate surface area is 174 Å². The van der Waals surface area contributed by atoms with Crippen molar-refractivity contribution in [3.63, 3.8) is 0 Å². The van der Waals surface area contributed by atoms with Crippen LogP contribution in [-0.2, 0) is 4.79 Å². The number of hydrogen-bond acceptors (Lipinski definition) is 5. The molecule has 0 aliphatic carbocycles. The van der Waals surface area contributed by atoms with Crippen LogP contribution < -0.4 is 19.7 Å². The van der Waals surface area contributed by atoms with Gasteiger partial charge in [0.15, 0.2) is 11.9 Å². The lowest BCUT2D eigenvalue weighted by molar-refractivity contribution is -0.125. The number of fused-ring (bicyclic) bond motifs is 1. The van der Waals surface area contributed by atoms with E-state index in [0.29, 0.717) is 30.3 Å². The number of nitrogens with zero attached hydrogens (tertiary/aromatic N) is 1. The first-order chi connectivity index (χ1) is 14.5. The molecule has 4 rings (SSSR count). The molecule has 0 fully saturated rings. The number of nitrogens with one attached hydrogen (secondary N) is 1. The predicted octanol–water partition coefficient (Wildman–Crippen LogP) is 4.03. The molecule has 0 saturated heterocycles. The standard InChI is InChI=1S/C23H22N2O5/c1-15-5-8-18(9-6-15)28-13-11-25-19-14-17(24-22(26)21-4-3-12-29-21)7-10-20(19)30-16(2)23(25)27/h3-10,12,14,16H,11,13H2,1-2H3,(H,24,26). The molecule has 1 atom stereocenters. The SMILES string of the molecule is Cc1ccc(OCCN2C(=O)C(C)Oc3ccc(NC(=O)c4ccco4)cc32)cc1. The lowest BCUT2D eigenvalue weighted by atomic mass is 10.1. The van der Waals surface area contributed by atoms with Crippen molar-refractivity contribution < 1.29 is 23.5 Å². The molecule has 1 aliphatic rings. The Morgan fingerprint density at radius 2 is 1.97 bits per heavy atom. The van der Waals surface area contributed by atoms with Gasteiger partial charge in [-0.05, 0) is 56.3 Å². The van der Waals surface area contributed by atoms with Crippen molar-refractivity contribution >= 4 is 23.2 Å². The van der Waals surface area contributed by atoms with Gasteiger partial charge in [0.25, 0.3) is 11.8 Å². The molecule has 154 valence electrons. The molecule has 30 heavy (non-hydrogen) atoms. The highest BCUT2D eigenvalue weighted by molar-refractivity contribution is 6.04. The van der Waals surface area contributed by atoms with Gasteiger partial charge in [0.05, 0.1) is 18.5 Å². The maximum absolute atomic E-state index is 12.7. The van der Waals surface area contributed by atoms with Crippen LogP contribution >= 0.6 is 0 Å². The monoisotopic (exact) mass is 406 g/mol. The van der Waals surface area contributed by atoms with E-state index in [-0.39, 0.29) is 17.6 Å². The van der Waals surface area contributed by atoms with Gasteiger partial charge in [-0.3, -0.25) is 9.59 Å². The van der Waals surface area contributed by atoms with Crippen molar-refractivity contribution in [3.8, 4) is 11.5 Å². The third-order valence-electron chi connectivity index (χ3n) is 4.77. The molecule has 0 saturated carbocycles. The first-order valence-electron chi connectivity index (χ1n) is 9.67. The van der Waals surface area contributed by atoms with Crippen molar-refractivity contribution in [2.24, 2.45) is 0 Å². The molecular formula is C23H22N2O5. The molecule has 3 aromatic rings. The van der Waals surface area contributed by atoms with E-state index in [4.69, 9.17) is 13.9 Å². The van der Waals surface area contributed by atoms with E-state index in [1.54, 1.807) is 42.2 Å². The average Bonchev–Trinajstić information content (AvgIpc) is 3.28. The molecule has 7 heteroatoms. The van der Waals surface area contributed by atoms with Gasteiger partial charge in [-0.1, -0.05) is 17.7 Å². The molecule has 2 heterocycles. The summed E-state index contributed by atoms with van der Waals surface area (Å²) in [4.78, 5) is 26.6. The van der Waals surface area contributed by atoms with Gasteiger partial charge in [0.1, 0.15) is 18.1 Å². The van der Waals surface area contributed by atoms with Crippen LogP contribution in [0.25, 0.3) is 0 Å². The molecular weight excluding hydrogens is 384 g/mol. The van der Waals surface area contributed by atoms with E-state index < -0.39 is 6.10 Å². The Kier molecular flexibility index (Phi) is 5.43. The minimum atomic E-state index is -0.597. The average molecular weight is 406 g/mol. The molecule has 1 aromatic heterocycles. The van der Waals surface area contributed by atoms with Crippen LogP contribution in [0.2, 0.25) is 0 Å². The second-order valence-electron chi connectivity index (χ2n) is 7.03. The maximum atomic E-state index is 12.7. The van der Waals surface area contributed by atoms with Gasteiger partial charge in [0, 0.05) is 5.69 Å². The van der Waals surface area contributed by atoms with Crippen molar-refractivity contribution in [1.82, 2.24) is 0 Å². The quantitative estimate of drug-likeness (QED) is 0.668. The maximum Gasteiger partial charge on any atom is 0.291 e. The highest BCUT2D eigenvalue weighted by Gasteiger charge is 2.31. The van der Waals surface area contributed by atoms with Crippen LogP contribution in [0, 0.1) is 6.92 Å². The second-order valence-corrected chi connectivity index (χ2v) is 7.03. The van der Waals surface area contributed by atoms with Crippen molar-refractivity contribution in [1.29, 1.82) is 0 Å². The van der Waals surface area contributed by atoms with E-state index >= 15 is 0 Å². The first-order valence-corrected chi connectivity index (χ1v) is 9.67. The molecule has 0 spiro atoms. The molecule has 1 unspecified atom stereocenters. The zero-order valence-electron chi connectivity index (χ0n) is 16.8. The lowest BCUT2D eigenvalue weighted by Crippen LogP contribution is -2.46. The summed E-state index contributed by atoms with van der Waals surface area (Å²) in [5.74, 6) is 0.995. The minimum Gasteiger partial charge on any atom is -0.492 e. The number of aryl methyl sites for hydroxylation is 1. The number of carbonyl (C=O) groups excluding carboxylic acids is 2. The number of furan rings is 1. The fraction of sp³-hybridized carbons (Fsp3) is 0.217. The Hall–Kier alpha value is -3.74. The van der Waals surface area contributed by atoms with E-state index in [2.05, 4.69) is 5.32 Å². The molecule has 2 amide bonds. The fourth-order valence-corrected chi connectivity index (χ4v) is 3.21. The number of carbonyl (C=O) groups is 2. The summed E-state index contributed by atoms with van der Waals surface area (Å²) >= 11 is 0. The number of ether oxygens (including phenoxy) is 2. The fourth-order valence-electron chi connectivity index (χ4n) is 3.21. The first kappa shape index (κ1) is 19.6. The predicted molar refractivity (Wildman–Crippen MR) is 112 cm³/mol. The van der Waals surface area contributed by atoms with Crippen LogP contribution in [0.5, 0.6) is 11.5 Å². The van der Waals surface area contributed by atoms with E-state index in [9.17, 15) is 9.59 Å². The lowest BCUT2D eigenvalue weighted by Gasteiger charge is -2.33. The Morgan fingerprint density at radius 3 is 2.70 bits per heavy atom. The highest BCUT2D eigenvalue weighted by atomic mass is 16.5. The van der Waals surface area contributed by atoms with E-state index in [1.807, 2.05) is 31.2 Å². The zero-order chi connectivity index (χ0) is 21.1. The third-order valence-corrected chi connectivity index (χ3v) is 4.77. The van der Waals surface area contributed by atoms with Crippen molar-refractivity contribution in [3.05, 3.63) is 72.2 Å². The summed E-state index contributed by atoms with van der Waals surface area (Å²) < 4.78 is 16.6. The topological polar surface area (TPSA) is 81.0 Å². The van der Waals surface area contributed by atoms with Crippen LogP contribution in [0.4, 0.5) is 11.4 Å². The molecule has 0 radical (unpaired) electrons. The zero-order valence-corrected chi connectivity index (χ0v) is 16.8. The number of rotatable bonds is 6. The molecule has 0 bridgehead atoms. The van der Waals surface area contributed by atoms with Gasteiger partial charge < -0.3 is 24.1 Å². The van der Waals surface area contributed by atoms with Gasteiger partial charge >= 0.3 is 0 Å². The summed E-state index contributed by atoms with van der Waals surface area (Å²) in [6.45, 7) is 4.40. The largest absolute Gasteiger partial charge is 0.492 e. The van der Waals surface area contributed by atoms with Crippen LogP contribution in [0.15, 0.2) is 65.3 Å². The van der Waals surface area contributed by atoms with Gasteiger partial charge in [-0.15, -0.1) is 0 Å². The van der Waals surface area contributed by atoms with Gasteiger partial charge in [-0.25, -0.2) is 0 Å². The van der Waals surface area contributed by atoms with Crippen LogP contribution in [0.1, 0.15) is 23.0 Å². The highest BCUT2D eigenvalue weighted by Crippen LogP contribution is 2.36. The normalized spacial score (nSPS) is 15.3. The van der Waals surface area contributed by atoms with E-state index in [0.717, 1.165) is 11.3 Å². The van der Waals surface area contributed by atoms with Crippen LogP contribution in [-0.4, -0.2) is 31.1 Å². The molecule has 1 N–H and O–H groups in total. The molecule has 2 aromatic carbocycles. The minimum absolute atomic E-state index is 0.162. The van der Waals surface area contributed by atoms with Crippen molar-refractivity contribution in [2.45, 2.75) is 20.0 Å². The smallest absolute Gasteiger partial charge is 0.291 e. The van der Waals surface area contributed by atoms with Crippen molar-refractivity contribution in [2.75, 3.05) is 23.4 Å². The summed E-state index contributed by atoms with van der Waals surface area (Å²) in [7, 11) is 0. The summed E-state index contributed by atoms with van der Waals surface area (Å²) in [6.07, 6.45) is 0.839. The second kappa shape index (κ2) is 8.32. The number of anilines is 2. The molecule has 7 nitrogen and oxygen atoms in total. The number of amides is 2. The summed E-state index contributed by atoms with van der Waals surface area (Å²) in [6, 6.07) is 16.1.